The summed E-state index contributed by atoms with van der Waals surface area (Å²) in [4.78, 5) is 12.3. The van der Waals surface area contributed by atoms with E-state index in [-0.39, 0.29) is 5.56 Å². The molecule has 1 N–H and O–H groups in total. The van der Waals surface area contributed by atoms with Gasteiger partial charge in [-0.3, -0.25) is 4.79 Å². The van der Waals surface area contributed by atoms with Gasteiger partial charge in [0.15, 0.2) is 0 Å². The van der Waals surface area contributed by atoms with E-state index in [0.29, 0.717) is 17.6 Å². The zero-order valence-electron chi connectivity index (χ0n) is 12.0. The van der Waals surface area contributed by atoms with Crippen molar-refractivity contribution in [3.63, 3.8) is 0 Å². The molecule has 0 saturated carbocycles. The van der Waals surface area contributed by atoms with Crippen LogP contribution in [0.2, 0.25) is 5.02 Å². The molecule has 0 amide bonds. The minimum Gasteiger partial charge on any atom is -0.311 e. The van der Waals surface area contributed by atoms with Crippen LogP contribution in [0.3, 0.4) is 0 Å². The van der Waals surface area contributed by atoms with Gasteiger partial charge in [-0.25, -0.2) is 0 Å². The number of aromatic nitrogens is 1. The number of rotatable bonds is 4. The number of benzene rings is 1. The van der Waals surface area contributed by atoms with Gasteiger partial charge in [-0.15, -0.1) is 0 Å². The number of pyridine rings is 1. The van der Waals surface area contributed by atoms with Crippen molar-refractivity contribution in [2.24, 2.45) is 7.05 Å². The molecule has 0 radical (unpaired) electrons. The number of halogens is 1. The summed E-state index contributed by atoms with van der Waals surface area (Å²) in [5.41, 5.74) is 2.68. The van der Waals surface area contributed by atoms with Crippen LogP contribution in [0.15, 0.2) is 41.2 Å². The molecule has 2 aromatic rings. The molecule has 3 nitrogen and oxygen atoms in total. The summed E-state index contributed by atoms with van der Waals surface area (Å²) in [5, 5.41) is 3.96. The van der Waals surface area contributed by atoms with Gasteiger partial charge in [0.25, 0.3) is 5.56 Å². The van der Waals surface area contributed by atoms with Gasteiger partial charge in [-0.2, -0.15) is 0 Å². The Morgan fingerprint density at radius 2 is 1.80 bits per heavy atom. The first-order valence-corrected chi connectivity index (χ1v) is 7.05. The van der Waals surface area contributed by atoms with E-state index >= 15 is 0 Å². The summed E-state index contributed by atoms with van der Waals surface area (Å²) in [6, 6.07) is 11.7. The molecule has 0 fully saturated rings. The monoisotopic (exact) mass is 290 g/mol. The highest BCUT2D eigenvalue weighted by atomic mass is 35.5. The third kappa shape index (κ3) is 3.30. The molecule has 0 aliphatic carbocycles. The second-order valence-electron chi connectivity index (χ2n) is 5.15. The minimum atomic E-state index is 0.0330. The average molecular weight is 291 g/mol. The lowest BCUT2D eigenvalue weighted by molar-refractivity contribution is 0.583. The van der Waals surface area contributed by atoms with E-state index in [2.05, 4.69) is 19.2 Å². The predicted octanol–water partition coefficient (Wildman–Crippen LogP) is 3.20. The summed E-state index contributed by atoms with van der Waals surface area (Å²) in [7, 11) is 1.80. The first kappa shape index (κ1) is 14.8. The molecule has 2 rings (SSSR count). The van der Waals surface area contributed by atoms with Crippen molar-refractivity contribution in [1.82, 2.24) is 9.88 Å². The summed E-state index contributed by atoms with van der Waals surface area (Å²) >= 11 is 5.89. The van der Waals surface area contributed by atoms with Gasteiger partial charge in [0.1, 0.15) is 0 Å². The quantitative estimate of drug-likeness (QED) is 0.938. The van der Waals surface area contributed by atoms with Crippen LogP contribution in [0, 0.1) is 0 Å². The molecule has 0 aliphatic heterocycles. The van der Waals surface area contributed by atoms with Gasteiger partial charge in [-0.1, -0.05) is 43.6 Å². The summed E-state index contributed by atoms with van der Waals surface area (Å²) in [6.45, 7) is 4.71. The summed E-state index contributed by atoms with van der Waals surface area (Å²) < 4.78 is 1.68. The number of hydrogen-bond acceptors (Lipinski definition) is 2. The fraction of sp³-hybridized carbons (Fsp3) is 0.312. The Labute approximate surface area is 124 Å². The van der Waals surface area contributed by atoms with E-state index in [1.807, 2.05) is 36.4 Å². The highest BCUT2D eigenvalue weighted by Crippen LogP contribution is 2.20. The van der Waals surface area contributed by atoms with Crippen molar-refractivity contribution >= 4 is 11.6 Å². The Balaban J connectivity index is 2.36. The maximum atomic E-state index is 12.3. The number of nitrogens with one attached hydrogen (secondary N) is 1. The molecule has 106 valence electrons. The Morgan fingerprint density at radius 1 is 1.15 bits per heavy atom. The molecule has 1 aromatic heterocycles. The summed E-state index contributed by atoms with van der Waals surface area (Å²) in [6.07, 6.45) is 0. The SMILES string of the molecule is CC(C)NCc1ccc(-c2ccc(Cl)cc2)n(C)c1=O. The first-order chi connectivity index (χ1) is 9.49. The van der Waals surface area contributed by atoms with Gasteiger partial charge in [0.05, 0.1) is 5.69 Å². The van der Waals surface area contributed by atoms with Crippen molar-refractivity contribution < 1.29 is 0 Å². The lowest BCUT2D eigenvalue weighted by atomic mass is 10.1. The third-order valence-electron chi connectivity index (χ3n) is 3.22. The average Bonchev–Trinajstić information content (AvgIpc) is 2.42. The second-order valence-corrected chi connectivity index (χ2v) is 5.59. The maximum absolute atomic E-state index is 12.3. The summed E-state index contributed by atoms with van der Waals surface area (Å²) in [5.74, 6) is 0. The van der Waals surface area contributed by atoms with E-state index in [4.69, 9.17) is 11.6 Å². The fourth-order valence-electron chi connectivity index (χ4n) is 2.05. The third-order valence-corrected chi connectivity index (χ3v) is 3.48. The Hall–Kier alpha value is -1.58. The van der Waals surface area contributed by atoms with Crippen LogP contribution < -0.4 is 10.9 Å². The van der Waals surface area contributed by atoms with Crippen LogP contribution in [0.25, 0.3) is 11.3 Å². The van der Waals surface area contributed by atoms with Gasteiger partial charge in [0, 0.05) is 30.2 Å². The van der Waals surface area contributed by atoms with Crippen molar-refractivity contribution in [1.29, 1.82) is 0 Å². The van der Waals surface area contributed by atoms with E-state index in [1.54, 1.807) is 11.6 Å². The zero-order valence-corrected chi connectivity index (χ0v) is 12.7. The van der Waals surface area contributed by atoms with Crippen LogP contribution in [-0.2, 0) is 13.6 Å². The maximum Gasteiger partial charge on any atom is 0.255 e. The molecule has 0 aliphatic rings. The van der Waals surface area contributed by atoms with Gasteiger partial charge in [-0.05, 0) is 23.8 Å². The lowest BCUT2D eigenvalue weighted by Crippen LogP contribution is -2.29. The molecule has 0 unspecified atom stereocenters. The molecular formula is C16H19ClN2O. The molecule has 0 saturated heterocycles. The van der Waals surface area contributed by atoms with Crippen LogP contribution >= 0.6 is 11.6 Å². The van der Waals surface area contributed by atoms with E-state index in [1.165, 1.54) is 0 Å². The van der Waals surface area contributed by atoms with Crippen LogP contribution in [0.1, 0.15) is 19.4 Å². The molecule has 0 bridgehead atoms. The molecule has 1 heterocycles. The largest absolute Gasteiger partial charge is 0.311 e. The molecule has 0 atom stereocenters. The smallest absolute Gasteiger partial charge is 0.255 e. The second kappa shape index (κ2) is 6.25. The van der Waals surface area contributed by atoms with Crippen LogP contribution in [0.5, 0.6) is 0 Å². The van der Waals surface area contributed by atoms with Crippen molar-refractivity contribution in [2.75, 3.05) is 0 Å². The van der Waals surface area contributed by atoms with Crippen LogP contribution in [0.4, 0.5) is 0 Å². The van der Waals surface area contributed by atoms with E-state index in [0.717, 1.165) is 16.8 Å². The van der Waals surface area contributed by atoms with Gasteiger partial charge >= 0.3 is 0 Å². The van der Waals surface area contributed by atoms with Gasteiger partial charge in [0.2, 0.25) is 0 Å². The lowest BCUT2D eigenvalue weighted by Gasteiger charge is -2.12. The Bertz CT molecular complexity index is 645. The first-order valence-electron chi connectivity index (χ1n) is 6.67. The molecule has 4 heteroatoms. The highest BCUT2D eigenvalue weighted by Gasteiger charge is 2.08. The van der Waals surface area contributed by atoms with E-state index < -0.39 is 0 Å². The number of hydrogen-bond donors (Lipinski definition) is 1. The standard InChI is InChI=1S/C16H19ClN2O/c1-11(2)18-10-13-6-9-15(19(3)16(13)20)12-4-7-14(17)8-5-12/h4-9,11,18H,10H2,1-3H3. The molecule has 0 spiro atoms. The predicted molar refractivity (Wildman–Crippen MR) is 84.1 cm³/mol. The van der Waals surface area contributed by atoms with E-state index in [9.17, 15) is 4.79 Å². The fourth-order valence-corrected chi connectivity index (χ4v) is 2.17. The highest BCUT2D eigenvalue weighted by molar-refractivity contribution is 6.30. The van der Waals surface area contributed by atoms with Crippen LogP contribution in [-0.4, -0.2) is 10.6 Å². The van der Waals surface area contributed by atoms with Crippen molar-refractivity contribution in [2.45, 2.75) is 26.4 Å². The van der Waals surface area contributed by atoms with Gasteiger partial charge < -0.3 is 9.88 Å². The topological polar surface area (TPSA) is 34.0 Å². The van der Waals surface area contributed by atoms with Crippen molar-refractivity contribution in [3.05, 3.63) is 57.3 Å². The minimum absolute atomic E-state index is 0.0330. The molecule has 1 aromatic carbocycles. The number of nitrogens with zero attached hydrogens (tertiary/aromatic N) is 1. The Kier molecular flexibility index (Phi) is 4.63. The van der Waals surface area contributed by atoms with Crippen molar-refractivity contribution in [3.8, 4) is 11.3 Å². The molecule has 20 heavy (non-hydrogen) atoms. The zero-order chi connectivity index (χ0) is 14.7. The normalized spacial score (nSPS) is 11.1. The Morgan fingerprint density at radius 3 is 2.40 bits per heavy atom. The molecular weight excluding hydrogens is 272 g/mol.